The highest BCUT2D eigenvalue weighted by atomic mass is 32.2. The number of sulfonamides is 1. The summed E-state index contributed by atoms with van der Waals surface area (Å²) in [6.45, 7) is 0. The SMILES string of the molecule is O=S(=O)(N[C@@H]1CCCC[C@H]1O)c1cc(F)ccc1F. The molecule has 0 amide bonds. The lowest BCUT2D eigenvalue weighted by Crippen LogP contribution is -2.45. The second-order valence-corrected chi connectivity index (χ2v) is 6.34. The zero-order chi connectivity index (χ0) is 14.0. The number of aliphatic hydroxyl groups excluding tert-OH is 1. The minimum Gasteiger partial charge on any atom is -0.391 e. The van der Waals surface area contributed by atoms with Crippen LogP contribution in [0.5, 0.6) is 0 Å². The van der Waals surface area contributed by atoms with Crippen molar-refractivity contribution >= 4 is 10.0 Å². The molecule has 106 valence electrons. The van der Waals surface area contributed by atoms with E-state index in [-0.39, 0.29) is 0 Å². The Balaban J connectivity index is 2.24. The third-order valence-corrected chi connectivity index (χ3v) is 4.72. The van der Waals surface area contributed by atoms with Crippen LogP contribution in [0.3, 0.4) is 0 Å². The number of aliphatic hydroxyl groups is 1. The molecule has 0 bridgehead atoms. The van der Waals surface area contributed by atoms with Gasteiger partial charge in [-0.15, -0.1) is 0 Å². The summed E-state index contributed by atoms with van der Waals surface area (Å²) in [7, 11) is -4.17. The van der Waals surface area contributed by atoms with Crippen molar-refractivity contribution in [3.8, 4) is 0 Å². The number of hydrogen-bond donors (Lipinski definition) is 2. The summed E-state index contributed by atoms with van der Waals surface area (Å²) in [5, 5.41) is 9.71. The molecule has 0 saturated heterocycles. The van der Waals surface area contributed by atoms with Gasteiger partial charge in [0.15, 0.2) is 0 Å². The normalized spacial score (nSPS) is 24.4. The van der Waals surface area contributed by atoms with Crippen molar-refractivity contribution in [2.45, 2.75) is 42.7 Å². The molecular weight excluding hydrogens is 276 g/mol. The summed E-state index contributed by atoms with van der Waals surface area (Å²) in [6.07, 6.45) is 1.81. The van der Waals surface area contributed by atoms with Gasteiger partial charge in [0.25, 0.3) is 0 Å². The van der Waals surface area contributed by atoms with Gasteiger partial charge in [0.2, 0.25) is 10.0 Å². The summed E-state index contributed by atoms with van der Waals surface area (Å²) in [5.74, 6) is -1.84. The minimum atomic E-state index is -4.17. The van der Waals surface area contributed by atoms with E-state index in [0.717, 1.165) is 25.0 Å². The van der Waals surface area contributed by atoms with Gasteiger partial charge in [-0.05, 0) is 31.0 Å². The third kappa shape index (κ3) is 3.29. The summed E-state index contributed by atoms with van der Waals surface area (Å²) < 4.78 is 52.7. The Kier molecular flexibility index (Phi) is 4.17. The minimum absolute atomic E-state index is 0.483. The fourth-order valence-corrected chi connectivity index (χ4v) is 3.59. The van der Waals surface area contributed by atoms with Gasteiger partial charge in [0.1, 0.15) is 16.5 Å². The first-order chi connectivity index (χ1) is 8.90. The molecule has 1 fully saturated rings. The number of halogens is 2. The van der Waals surface area contributed by atoms with Gasteiger partial charge in [-0.3, -0.25) is 0 Å². The predicted molar refractivity (Wildman–Crippen MR) is 64.9 cm³/mol. The van der Waals surface area contributed by atoms with Crippen molar-refractivity contribution in [1.29, 1.82) is 0 Å². The van der Waals surface area contributed by atoms with Gasteiger partial charge in [0.05, 0.1) is 6.10 Å². The summed E-state index contributed by atoms with van der Waals surface area (Å²) in [6, 6.07) is 1.60. The van der Waals surface area contributed by atoms with Crippen molar-refractivity contribution in [2.24, 2.45) is 0 Å². The van der Waals surface area contributed by atoms with E-state index in [9.17, 15) is 22.3 Å². The number of nitrogens with one attached hydrogen (secondary N) is 1. The van der Waals surface area contributed by atoms with Crippen LogP contribution in [0.1, 0.15) is 25.7 Å². The molecule has 1 aliphatic carbocycles. The summed E-state index contributed by atoms with van der Waals surface area (Å²) in [5.41, 5.74) is 0. The van der Waals surface area contributed by atoms with Gasteiger partial charge in [0, 0.05) is 6.04 Å². The molecule has 2 atom stereocenters. The lowest BCUT2D eigenvalue weighted by Gasteiger charge is -2.28. The molecule has 4 nitrogen and oxygen atoms in total. The predicted octanol–water partition coefficient (Wildman–Crippen LogP) is 1.55. The highest BCUT2D eigenvalue weighted by Crippen LogP contribution is 2.22. The second kappa shape index (κ2) is 5.52. The molecule has 2 rings (SSSR count). The first kappa shape index (κ1) is 14.4. The molecule has 19 heavy (non-hydrogen) atoms. The second-order valence-electron chi connectivity index (χ2n) is 4.65. The molecule has 1 aromatic rings. The molecule has 2 N–H and O–H groups in total. The van der Waals surface area contributed by atoms with Gasteiger partial charge < -0.3 is 5.11 Å². The Labute approximate surface area is 110 Å². The third-order valence-electron chi connectivity index (χ3n) is 3.22. The molecule has 1 aliphatic rings. The first-order valence-corrected chi connectivity index (χ1v) is 7.54. The molecular formula is C12H15F2NO3S. The van der Waals surface area contributed by atoms with Crippen LogP contribution in [0.25, 0.3) is 0 Å². The van der Waals surface area contributed by atoms with Crippen LogP contribution in [0.15, 0.2) is 23.1 Å². The smallest absolute Gasteiger partial charge is 0.243 e. The maximum atomic E-state index is 13.5. The van der Waals surface area contributed by atoms with Gasteiger partial charge in [-0.25, -0.2) is 21.9 Å². The molecule has 0 unspecified atom stereocenters. The number of hydrogen-bond acceptors (Lipinski definition) is 3. The number of rotatable bonds is 3. The number of benzene rings is 1. The maximum Gasteiger partial charge on any atom is 0.243 e. The van der Waals surface area contributed by atoms with Crippen LogP contribution in [0.2, 0.25) is 0 Å². The quantitative estimate of drug-likeness (QED) is 0.888. The van der Waals surface area contributed by atoms with Crippen LogP contribution in [-0.2, 0) is 10.0 Å². The Morgan fingerprint density at radius 1 is 1.21 bits per heavy atom. The standard InChI is InChI=1S/C12H15F2NO3S/c13-8-5-6-9(14)12(7-8)19(17,18)15-10-3-1-2-4-11(10)16/h5-7,10-11,15-16H,1-4H2/t10-,11-/m1/s1. The van der Waals surface area contributed by atoms with Gasteiger partial charge in [-0.1, -0.05) is 12.8 Å². The zero-order valence-corrected chi connectivity index (χ0v) is 11.0. The Morgan fingerprint density at radius 3 is 2.58 bits per heavy atom. The Morgan fingerprint density at radius 2 is 1.89 bits per heavy atom. The molecule has 0 aliphatic heterocycles. The highest BCUT2D eigenvalue weighted by molar-refractivity contribution is 7.89. The molecule has 1 saturated carbocycles. The highest BCUT2D eigenvalue weighted by Gasteiger charge is 2.29. The Bertz CT molecular complexity index is 562. The maximum absolute atomic E-state index is 13.5. The van der Waals surface area contributed by atoms with E-state index in [1.807, 2.05) is 0 Å². The Hall–Kier alpha value is -1.05. The summed E-state index contributed by atoms with van der Waals surface area (Å²) >= 11 is 0. The summed E-state index contributed by atoms with van der Waals surface area (Å²) in [4.78, 5) is -0.731. The van der Waals surface area contributed by atoms with Crippen molar-refractivity contribution in [3.63, 3.8) is 0 Å². The van der Waals surface area contributed by atoms with Crippen LogP contribution in [-0.4, -0.2) is 25.7 Å². The molecule has 0 spiro atoms. The molecule has 1 aromatic carbocycles. The molecule has 0 radical (unpaired) electrons. The first-order valence-electron chi connectivity index (χ1n) is 6.05. The van der Waals surface area contributed by atoms with E-state index in [1.165, 1.54) is 0 Å². The monoisotopic (exact) mass is 291 g/mol. The van der Waals surface area contributed by atoms with Crippen LogP contribution in [0.4, 0.5) is 8.78 Å². The van der Waals surface area contributed by atoms with Crippen molar-refractivity contribution in [1.82, 2.24) is 4.72 Å². The molecule has 0 heterocycles. The van der Waals surface area contributed by atoms with Crippen molar-refractivity contribution in [3.05, 3.63) is 29.8 Å². The van der Waals surface area contributed by atoms with E-state index < -0.39 is 38.7 Å². The molecule has 0 aromatic heterocycles. The fraction of sp³-hybridized carbons (Fsp3) is 0.500. The molecule has 7 heteroatoms. The zero-order valence-electron chi connectivity index (χ0n) is 10.1. The topological polar surface area (TPSA) is 66.4 Å². The van der Waals surface area contributed by atoms with Gasteiger partial charge in [-0.2, -0.15) is 0 Å². The van der Waals surface area contributed by atoms with Crippen LogP contribution >= 0.6 is 0 Å². The fourth-order valence-electron chi connectivity index (χ4n) is 2.19. The van der Waals surface area contributed by atoms with Crippen molar-refractivity contribution in [2.75, 3.05) is 0 Å². The van der Waals surface area contributed by atoms with E-state index in [2.05, 4.69) is 4.72 Å². The van der Waals surface area contributed by atoms with E-state index in [4.69, 9.17) is 0 Å². The average molecular weight is 291 g/mol. The van der Waals surface area contributed by atoms with E-state index >= 15 is 0 Å². The van der Waals surface area contributed by atoms with Crippen molar-refractivity contribution < 1.29 is 22.3 Å². The largest absolute Gasteiger partial charge is 0.391 e. The lowest BCUT2D eigenvalue weighted by molar-refractivity contribution is 0.101. The lowest BCUT2D eigenvalue weighted by atomic mass is 9.93. The van der Waals surface area contributed by atoms with Crippen LogP contribution in [0, 0.1) is 11.6 Å². The average Bonchev–Trinajstić information content (AvgIpc) is 2.35. The van der Waals surface area contributed by atoms with E-state index in [0.29, 0.717) is 18.9 Å². The van der Waals surface area contributed by atoms with Gasteiger partial charge >= 0.3 is 0 Å². The van der Waals surface area contributed by atoms with E-state index in [1.54, 1.807) is 0 Å². The van der Waals surface area contributed by atoms with Crippen LogP contribution < -0.4 is 4.72 Å².